The molecule has 0 bridgehead atoms. The van der Waals surface area contributed by atoms with Gasteiger partial charge in [-0.05, 0) is 30.7 Å². The number of alkyl halides is 1. The summed E-state index contributed by atoms with van der Waals surface area (Å²) in [4.78, 5) is 46.0. The Hall–Kier alpha value is -2.81. The van der Waals surface area contributed by atoms with E-state index in [0.29, 0.717) is 25.4 Å². The van der Waals surface area contributed by atoms with Crippen molar-refractivity contribution >= 4 is 41.6 Å². The average Bonchev–Trinajstić information content (AvgIpc) is 2.64. The molecule has 0 aliphatic rings. The molecule has 0 unspecified atom stereocenters. The zero-order valence-corrected chi connectivity index (χ0v) is 15.2. The number of amides is 1. The molecule has 0 saturated carbocycles. The first-order chi connectivity index (χ1) is 12.9. The monoisotopic (exact) mass is 400 g/mol. The van der Waals surface area contributed by atoms with Gasteiger partial charge in [0.1, 0.15) is 12.6 Å². The molecule has 1 amide bonds. The van der Waals surface area contributed by atoms with Gasteiger partial charge in [0, 0.05) is 30.1 Å². The molecule has 3 N–H and O–H groups in total. The fourth-order valence-electron chi connectivity index (χ4n) is 2.27. The van der Waals surface area contributed by atoms with Gasteiger partial charge < -0.3 is 25.2 Å². The van der Waals surface area contributed by atoms with Crippen LogP contribution in [0.25, 0.3) is 0 Å². The normalized spacial score (nSPS) is 11.3. The van der Waals surface area contributed by atoms with E-state index in [1.54, 1.807) is 12.1 Å². The summed E-state index contributed by atoms with van der Waals surface area (Å²) < 4.78 is 4.67. The third-order valence-corrected chi connectivity index (χ3v) is 3.82. The number of carbonyl (C=O) groups excluding carboxylic acids is 2. The quantitative estimate of drug-likeness (QED) is 0.253. The van der Waals surface area contributed by atoms with Crippen molar-refractivity contribution in [1.82, 2.24) is 5.32 Å². The maximum atomic E-state index is 12.2. The van der Waals surface area contributed by atoms with Crippen molar-refractivity contribution in [2.24, 2.45) is 0 Å². The molecule has 0 radical (unpaired) electrons. The third-order valence-electron chi connectivity index (χ3n) is 3.65. The molecule has 0 heterocycles. The number of anilines is 1. The summed E-state index contributed by atoms with van der Waals surface area (Å²) in [6.45, 7) is 1.47. The van der Waals surface area contributed by atoms with Crippen molar-refractivity contribution < 1.29 is 34.1 Å². The van der Waals surface area contributed by atoms with Crippen LogP contribution in [0.15, 0.2) is 24.3 Å². The molecular weight excluding hydrogens is 380 g/mol. The standard InChI is InChI=1S/C17H21ClN2O7/c18-7-8-20(9-10-27-11-21)13-3-1-12(2-4-13)16(24)19-14(17(25)26)5-6-15(22)23/h1-4,11,14H,5-10H2,(H,19,24)(H,22,23)(H,25,26)/t14-/m0/s1. The van der Waals surface area contributed by atoms with Gasteiger partial charge in [-0.1, -0.05) is 0 Å². The molecule has 0 aromatic heterocycles. The fourth-order valence-corrected chi connectivity index (χ4v) is 2.48. The number of rotatable bonds is 13. The summed E-state index contributed by atoms with van der Waals surface area (Å²) >= 11 is 5.77. The SMILES string of the molecule is O=COCCN(CCCl)c1ccc(C(=O)N[C@@H](CCC(=O)O)C(=O)O)cc1. The van der Waals surface area contributed by atoms with Crippen LogP contribution in [0.1, 0.15) is 23.2 Å². The van der Waals surface area contributed by atoms with Gasteiger partial charge in [-0.25, -0.2) is 4.79 Å². The van der Waals surface area contributed by atoms with E-state index < -0.39 is 23.9 Å². The predicted octanol–water partition coefficient (Wildman–Crippen LogP) is 0.953. The van der Waals surface area contributed by atoms with Gasteiger partial charge in [-0.15, -0.1) is 11.6 Å². The van der Waals surface area contributed by atoms with Crippen molar-refractivity contribution in [3.05, 3.63) is 29.8 Å². The molecule has 0 spiro atoms. The van der Waals surface area contributed by atoms with Crippen LogP contribution in [0.5, 0.6) is 0 Å². The number of nitrogens with one attached hydrogen (secondary N) is 1. The second-order valence-corrected chi connectivity index (χ2v) is 5.86. The molecule has 9 nitrogen and oxygen atoms in total. The Labute approximate surface area is 160 Å². The largest absolute Gasteiger partial charge is 0.481 e. The molecule has 0 aliphatic carbocycles. The minimum Gasteiger partial charge on any atom is -0.481 e. The van der Waals surface area contributed by atoms with E-state index in [0.717, 1.165) is 5.69 Å². The molecule has 1 atom stereocenters. The summed E-state index contributed by atoms with van der Waals surface area (Å²) in [5, 5.41) is 20.1. The Morgan fingerprint density at radius 3 is 2.37 bits per heavy atom. The number of carboxylic acid groups (broad SMARTS) is 2. The lowest BCUT2D eigenvalue weighted by atomic mass is 10.1. The molecular formula is C17H21ClN2O7. The fraction of sp³-hybridized carbons (Fsp3) is 0.412. The number of hydrogen-bond donors (Lipinski definition) is 3. The smallest absolute Gasteiger partial charge is 0.326 e. The molecule has 27 heavy (non-hydrogen) atoms. The highest BCUT2D eigenvalue weighted by Crippen LogP contribution is 2.16. The van der Waals surface area contributed by atoms with E-state index in [2.05, 4.69) is 10.1 Å². The molecule has 0 aliphatic heterocycles. The van der Waals surface area contributed by atoms with E-state index in [-0.39, 0.29) is 25.0 Å². The zero-order valence-electron chi connectivity index (χ0n) is 14.5. The van der Waals surface area contributed by atoms with Crippen LogP contribution >= 0.6 is 11.6 Å². The van der Waals surface area contributed by atoms with E-state index >= 15 is 0 Å². The Morgan fingerprint density at radius 2 is 1.85 bits per heavy atom. The topological polar surface area (TPSA) is 133 Å². The highest BCUT2D eigenvalue weighted by Gasteiger charge is 2.21. The molecule has 1 aromatic rings. The molecule has 148 valence electrons. The van der Waals surface area contributed by atoms with Crippen LogP contribution < -0.4 is 10.2 Å². The number of carbonyl (C=O) groups is 4. The van der Waals surface area contributed by atoms with E-state index in [9.17, 15) is 19.2 Å². The van der Waals surface area contributed by atoms with E-state index in [1.165, 1.54) is 12.1 Å². The zero-order chi connectivity index (χ0) is 20.2. The Kier molecular flexibility index (Phi) is 9.66. The van der Waals surface area contributed by atoms with Gasteiger partial charge in [0.05, 0.1) is 6.54 Å². The van der Waals surface area contributed by atoms with Crippen LogP contribution in [0.3, 0.4) is 0 Å². The van der Waals surface area contributed by atoms with Gasteiger partial charge in [0.15, 0.2) is 0 Å². The van der Waals surface area contributed by atoms with Crippen molar-refractivity contribution in [3.63, 3.8) is 0 Å². The Bertz CT molecular complexity index is 651. The lowest BCUT2D eigenvalue weighted by Crippen LogP contribution is -2.41. The maximum Gasteiger partial charge on any atom is 0.326 e. The minimum absolute atomic E-state index is 0.187. The number of hydrogen-bond acceptors (Lipinski definition) is 6. The lowest BCUT2D eigenvalue weighted by molar-refractivity contribution is -0.140. The van der Waals surface area contributed by atoms with E-state index in [1.807, 2.05) is 4.90 Å². The second-order valence-electron chi connectivity index (χ2n) is 5.49. The molecule has 10 heteroatoms. The summed E-state index contributed by atoms with van der Waals surface area (Å²) in [7, 11) is 0. The molecule has 1 aromatic carbocycles. The van der Waals surface area contributed by atoms with Crippen molar-refractivity contribution in [3.8, 4) is 0 Å². The summed E-state index contributed by atoms with van der Waals surface area (Å²) in [5.41, 5.74) is 0.984. The number of nitrogens with zero attached hydrogens (tertiary/aromatic N) is 1. The molecule has 1 rings (SSSR count). The number of ether oxygens (including phenoxy) is 1. The van der Waals surface area contributed by atoms with Crippen LogP contribution in [0.4, 0.5) is 5.69 Å². The summed E-state index contributed by atoms with van der Waals surface area (Å²) in [6.07, 6.45) is -0.582. The van der Waals surface area contributed by atoms with Gasteiger partial charge in [-0.2, -0.15) is 0 Å². The van der Waals surface area contributed by atoms with E-state index in [4.69, 9.17) is 21.8 Å². The molecule has 0 fully saturated rings. The highest BCUT2D eigenvalue weighted by molar-refractivity contribution is 6.18. The first kappa shape index (κ1) is 22.2. The Morgan fingerprint density at radius 1 is 1.19 bits per heavy atom. The minimum atomic E-state index is -1.30. The summed E-state index contributed by atoms with van der Waals surface area (Å²) in [5.74, 6) is -2.71. The maximum absolute atomic E-state index is 12.2. The van der Waals surface area contributed by atoms with Crippen LogP contribution in [0.2, 0.25) is 0 Å². The number of benzene rings is 1. The van der Waals surface area contributed by atoms with Crippen molar-refractivity contribution in [1.29, 1.82) is 0 Å². The third kappa shape index (κ3) is 7.95. The number of carboxylic acids is 2. The second kappa shape index (κ2) is 11.7. The highest BCUT2D eigenvalue weighted by atomic mass is 35.5. The van der Waals surface area contributed by atoms with Crippen molar-refractivity contribution in [2.75, 3.05) is 30.5 Å². The lowest BCUT2D eigenvalue weighted by Gasteiger charge is -2.23. The van der Waals surface area contributed by atoms with Gasteiger partial charge in [0.25, 0.3) is 12.4 Å². The summed E-state index contributed by atoms with van der Waals surface area (Å²) in [6, 6.07) is 5.07. The first-order valence-corrected chi connectivity index (χ1v) is 8.64. The van der Waals surface area contributed by atoms with Gasteiger partial charge >= 0.3 is 11.9 Å². The van der Waals surface area contributed by atoms with Gasteiger partial charge in [-0.3, -0.25) is 14.4 Å². The predicted molar refractivity (Wildman–Crippen MR) is 97.2 cm³/mol. The van der Waals surface area contributed by atoms with Crippen LogP contribution in [0, 0.1) is 0 Å². The average molecular weight is 401 g/mol. The van der Waals surface area contributed by atoms with Crippen molar-refractivity contribution in [2.45, 2.75) is 18.9 Å². The molecule has 0 saturated heterocycles. The van der Waals surface area contributed by atoms with Crippen LogP contribution in [-0.2, 0) is 19.1 Å². The Balaban J connectivity index is 2.76. The first-order valence-electron chi connectivity index (χ1n) is 8.10. The number of aliphatic carboxylic acids is 2. The van der Waals surface area contributed by atoms with Gasteiger partial charge in [0.2, 0.25) is 0 Å². The van der Waals surface area contributed by atoms with Crippen LogP contribution in [-0.4, -0.2) is 66.1 Å². The number of halogens is 1.